The fourth-order valence-electron chi connectivity index (χ4n) is 3.80. The molecule has 6 heteroatoms. The van der Waals surface area contributed by atoms with Gasteiger partial charge in [-0.05, 0) is 36.2 Å². The Morgan fingerprint density at radius 3 is 2.12 bits per heavy atom. The lowest BCUT2D eigenvalue weighted by atomic mass is 10.1. The van der Waals surface area contributed by atoms with E-state index in [4.69, 9.17) is 4.74 Å². The zero-order chi connectivity index (χ0) is 22.3. The van der Waals surface area contributed by atoms with Gasteiger partial charge < -0.3 is 9.64 Å². The molecule has 32 heavy (non-hydrogen) atoms. The maximum atomic E-state index is 13.2. The first-order valence-corrected chi connectivity index (χ1v) is 10.6. The molecule has 1 aliphatic heterocycles. The maximum absolute atomic E-state index is 13.2. The normalized spacial score (nSPS) is 15.6. The van der Waals surface area contributed by atoms with Crippen molar-refractivity contribution in [2.75, 3.05) is 18.1 Å². The number of benzene rings is 3. The van der Waals surface area contributed by atoms with E-state index in [1.165, 1.54) is 9.80 Å². The molecule has 4 rings (SSSR count). The zero-order valence-electron chi connectivity index (χ0n) is 17.6. The average molecular weight is 428 g/mol. The SMILES string of the molecule is O=C1CC(N(CCc2ccccc2)C(=O)COc2ccccc2)C(=O)N1c1ccccc1. The summed E-state index contributed by atoms with van der Waals surface area (Å²) in [6.07, 6.45) is 0.529. The van der Waals surface area contributed by atoms with Crippen molar-refractivity contribution in [2.24, 2.45) is 0 Å². The molecule has 3 aromatic rings. The third kappa shape index (κ3) is 4.86. The second-order valence-electron chi connectivity index (χ2n) is 7.55. The van der Waals surface area contributed by atoms with Gasteiger partial charge >= 0.3 is 0 Å². The lowest BCUT2D eigenvalue weighted by molar-refractivity contribution is -0.140. The lowest BCUT2D eigenvalue weighted by Gasteiger charge is -2.27. The van der Waals surface area contributed by atoms with E-state index in [1.54, 1.807) is 36.4 Å². The van der Waals surface area contributed by atoms with Crippen molar-refractivity contribution in [3.05, 3.63) is 96.6 Å². The Hall–Kier alpha value is -3.93. The Morgan fingerprint density at radius 1 is 0.875 bits per heavy atom. The molecule has 1 saturated heterocycles. The van der Waals surface area contributed by atoms with Gasteiger partial charge in [0.1, 0.15) is 11.8 Å². The molecule has 3 amide bonds. The van der Waals surface area contributed by atoms with Crippen LogP contribution in [0.5, 0.6) is 5.75 Å². The molecule has 1 unspecified atom stereocenters. The molecule has 1 fully saturated rings. The van der Waals surface area contributed by atoms with Crippen LogP contribution < -0.4 is 9.64 Å². The van der Waals surface area contributed by atoms with Crippen molar-refractivity contribution in [2.45, 2.75) is 18.9 Å². The highest BCUT2D eigenvalue weighted by Gasteiger charge is 2.44. The van der Waals surface area contributed by atoms with Gasteiger partial charge in [0, 0.05) is 6.54 Å². The van der Waals surface area contributed by atoms with Crippen molar-refractivity contribution in [3.8, 4) is 5.75 Å². The van der Waals surface area contributed by atoms with Crippen LogP contribution >= 0.6 is 0 Å². The molecule has 162 valence electrons. The van der Waals surface area contributed by atoms with E-state index in [1.807, 2.05) is 54.6 Å². The highest BCUT2D eigenvalue weighted by atomic mass is 16.5. The first-order chi connectivity index (χ1) is 15.6. The van der Waals surface area contributed by atoms with Gasteiger partial charge in [0.05, 0.1) is 12.1 Å². The number of imide groups is 1. The minimum absolute atomic E-state index is 0.0421. The van der Waals surface area contributed by atoms with Gasteiger partial charge in [-0.3, -0.25) is 14.4 Å². The summed E-state index contributed by atoms with van der Waals surface area (Å²) in [5, 5.41) is 0. The van der Waals surface area contributed by atoms with Gasteiger partial charge in [-0.1, -0.05) is 66.7 Å². The van der Waals surface area contributed by atoms with Crippen LogP contribution in [0.3, 0.4) is 0 Å². The van der Waals surface area contributed by atoms with Crippen LogP contribution in [0.15, 0.2) is 91.0 Å². The quantitative estimate of drug-likeness (QED) is 0.516. The molecule has 1 heterocycles. The van der Waals surface area contributed by atoms with Crippen LogP contribution in [-0.2, 0) is 20.8 Å². The Labute approximate surface area is 187 Å². The second-order valence-corrected chi connectivity index (χ2v) is 7.55. The molecule has 1 aliphatic rings. The number of nitrogens with zero attached hydrogens (tertiary/aromatic N) is 2. The first kappa shape index (κ1) is 21.3. The number of hydrogen-bond acceptors (Lipinski definition) is 4. The van der Waals surface area contributed by atoms with E-state index >= 15 is 0 Å². The van der Waals surface area contributed by atoms with Gasteiger partial charge in [0.2, 0.25) is 5.91 Å². The molecule has 1 atom stereocenters. The molecular formula is C26H24N2O4. The zero-order valence-corrected chi connectivity index (χ0v) is 17.6. The summed E-state index contributed by atoms with van der Waals surface area (Å²) in [7, 11) is 0. The predicted molar refractivity (Wildman–Crippen MR) is 121 cm³/mol. The summed E-state index contributed by atoms with van der Waals surface area (Å²) in [5.41, 5.74) is 1.56. The fraction of sp³-hybridized carbons (Fsp3) is 0.192. The van der Waals surface area contributed by atoms with E-state index in [2.05, 4.69) is 0 Å². The minimum Gasteiger partial charge on any atom is -0.484 e. The number of anilines is 1. The highest BCUT2D eigenvalue weighted by Crippen LogP contribution is 2.26. The molecule has 6 nitrogen and oxygen atoms in total. The van der Waals surface area contributed by atoms with Crippen LogP contribution in [0.2, 0.25) is 0 Å². The van der Waals surface area contributed by atoms with Gasteiger partial charge in [-0.15, -0.1) is 0 Å². The van der Waals surface area contributed by atoms with E-state index in [0.717, 1.165) is 5.56 Å². The van der Waals surface area contributed by atoms with Gasteiger partial charge in [0.15, 0.2) is 6.61 Å². The van der Waals surface area contributed by atoms with Crippen molar-refractivity contribution in [1.29, 1.82) is 0 Å². The van der Waals surface area contributed by atoms with Crippen LogP contribution in [0.1, 0.15) is 12.0 Å². The maximum Gasteiger partial charge on any atom is 0.261 e. The summed E-state index contributed by atoms with van der Waals surface area (Å²) >= 11 is 0. The number of carbonyl (C=O) groups excluding carboxylic acids is 3. The molecule has 0 aliphatic carbocycles. The van der Waals surface area contributed by atoms with Crippen molar-refractivity contribution < 1.29 is 19.1 Å². The van der Waals surface area contributed by atoms with Gasteiger partial charge in [0.25, 0.3) is 11.8 Å². The average Bonchev–Trinajstić information content (AvgIpc) is 3.13. The van der Waals surface area contributed by atoms with Crippen LogP contribution in [-0.4, -0.2) is 41.8 Å². The Balaban J connectivity index is 1.53. The highest BCUT2D eigenvalue weighted by molar-refractivity contribution is 6.23. The third-order valence-corrected chi connectivity index (χ3v) is 5.42. The molecule has 0 saturated carbocycles. The molecule has 0 bridgehead atoms. The van der Waals surface area contributed by atoms with Crippen molar-refractivity contribution >= 4 is 23.4 Å². The third-order valence-electron chi connectivity index (χ3n) is 5.42. The lowest BCUT2D eigenvalue weighted by Crippen LogP contribution is -2.48. The second kappa shape index (κ2) is 9.92. The van der Waals surface area contributed by atoms with Crippen LogP contribution in [0, 0.1) is 0 Å². The largest absolute Gasteiger partial charge is 0.484 e. The summed E-state index contributed by atoms with van der Waals surface area (Å²) < 4.78 is 5.63. The number of amides is 3. The van der Waals surface area contributed by atoms with Gasteiger partial charge in [-0.25, -0.2) is 4.90 Å². The topological polar surface area (TPSA) is 66.9 Å². The van der Waals surface area contributed by atoms with Crippen molar-refractivity contribution in [1.82, 2.24) is 4.90 Å². The molecule has 3 aromatic carbocycles. The molecule has 0 aromatic heterocycles. The monoisotopic (exact) mass is 428 g/mol. The minimum atomic E-state index is -0.849. The molecule has 0 spiro atoms. The van der Waals surface area contributed by atoms with E-state index in [-0.39, 0.29) is 30.7 Å². The Bertz CT molecular complexity index is 1070. The number of rotatable bonds is 8. The molecular weight excluding hydrogens is 404 g/mol. The predicted octanol–water partition coefficient (Wildman–Crippen LogP) is 3.47. The number of carbonyl (C=O) groups is 3. The Kier molecular flexibility index (Phi) is 6.60. The smallest absolute Gasteiger partial charge is 0.261 e. The van der Waals surface area contributed by atoms with E-state index in [9.17, 15) is 14.4 Å². The molecule has 0 radical (unpaired) electrons. The molecule has 0 N–H and O–H groups in total. The summed E-state index contributed by atoms with van der Waals surface area (Å²) in [4.78, 5) is 41.7. The van der Waals surface area contributed by atoms with E-state index < -0.39 is 6.04 Å². The summed E-state index contributed by atoms with van der Waals surface area (Å²) in [6.45, 7) is 0.107. The first-order valence-electron chi connectivity index (χ1n) is 10.6. The summed E-state index contributed by atoms with van der Waals surface area (Å²) in [5.74, 6) is -0.454. The number of para-hydroxylation sites is 2. The van der Waals surface area contributed by atoms with Gasteiger partial charge in [-0.2, -0.15) is 0 Å². The van der Waals surface area contributed by atoms with Crippen LogP contribution in [0.4, 0.5) is 5.69 Å². The fourth-order valence-corrected chi connectivity index (χ4v) is 3.80. The Morgan fingerprint density at radius 2 is 1.47 bits per heavy atom. The number of hydrogen-bond donors (Lipinski definition) is 0. The van der Waals surface area contributed by atoms with E-state index in [0.29, 0.717) is 24.4 Å². The standard InChI is InChI=1S/C26H24N2O4/c29-24-18-23(26(31)28(24)21-12-6-2-7-13-21)27(17-16-20-10-4-1-5-11-20)25(30)19-32-22-14-8-3-9-15-22/h1-15,23H,16-19H2. The van der Waals surface area contributed by atoms with Crippen LogP contribution in [0.25, 0.3) is 0 Å². The summed E-state index contributed by atoms with van der Waals surface area (Å²) in [6, 6.07) is 26.7. The van der Waals surface area contributed by atoms with Crippen molar-refractivity contribution in [3.63, 3.8) is 0 Å². The number of ether oxygens (including phenoxy) is 1.